The third kappa shape index (κ3) is 5.30. The highest BCUT2D eigenvalue weighted by molar-refractivity contribution is 6.30. The molecule has 0 aliphatic rings. The average Bonchev–Trinajstić information content (AvgIpc) is 2.72. The molecule has 0 spiro atoms. The van der Waals surface area contributed by atoms with Crippen molar-refractivity contribution in [1.29, 1.82) is 0 Å². The molecule has 0 bridgehead atoms. The molecule has 6 nitrogen and oxygen atoms in total. The smallest absolute Gasteiger partial charge is 0.223 e. The van der Waals surface area contributed by atoms with Crippen molar-refractivity contribution in [1.82, 2.24) is 19.7 Å². The van der Waals surface area contributed by atoms with E-state index in [0.29, 0.717) is 19.5 Å². The number of carbonyl (C=O) groups is 1. The minimum Gasteiger partial charge on any atom is -0.356 e. The monoisotopic (exact) mass is 313 g/mol. The Labute approximate surface area is 131 Å². The lowest BCUT2D eigenvalue weighted by molar-refractivity contribution is -0.128. The quantitative estimate of drug-likeness (QED) is 0.656. The molecular formula is C14H24ClN5O. The second-order valence-electron chi connectivity index (χ2n) is 5.13. The fourth-order valence-corrected chi connectivity index (χ4v) is 2.20. The molecule has 1 heterocycles. The standard InChI is InChI=1S/C14H24ClN5O/c1-16-14(17-7-6-13(21)18(2)3)20(5)10-12-8-11(15)9-19(12)4/h8-9H,6-7,10H2,1-5H3,(H,16,17). The number of rotatable bonds is 5. The highest BCUT2D eigenvalue weighted by Crippen LogP contribution is 2.14. The van der Waals surface area contributed by atoms with Gasteiger partial charge in [0.2, 0.25) is 5.91 Å². The van der Waals surface area contributed by atoms with Crippen LogP contribution in [-0.4, -0.2) is 61.0 Å². The number of halogens is 1. The van der Waals surface area contributed by atoms with Gasteiger partial charge < -0.3 is 19.7 Å². The van der Waals surface area contributed by atoms with E-state index in [1.807, 2.05) is 35.8 Å². The molecule has 1 aromatic rings. The first kappa shape index (κ1) is 17.4. The molecule has 0 aliphatic carbocycles. The Bertz CT molecular complexity index is 509. The SMILES string of the molecule is CN=C(NCCC(=O)N(C)C)N(C)Cc1cc(Cl)cn1C. The number of aliphatic imine (C=N–C) groups is 1. The molecule has 0 aromatic carbocycles. The fourth-order valence-electron chi connectivity index (χ4n) is 1.93. The van der Waals surface area contributed by atoms with Gasteiger partial charge in [-0.3, -0.25) is 9.79 Å². The van der Waals surface area contributed by atoms with Crippen LogP contribution in [0.15, 0.2) is 17.3 Å². The van der Waals surface area contributed by atoms with Gasteiger partial charge >= 0.3 is 0 Å². The molecule has 0 saturated heterocycles. The van der Waals surface area contributed by atoms with E-state index in [-0.39, 0.29) is 5.91 Å². The van der Waals surface area contributed by atoms with E-state index in [1.165, 1.54) is 0 Å². The molecule has 1 aromatic heterocycles. The molecule has 1 N–H and O–H groups in total. The van der Waals surface area contributed by atoms with E-state index in [9.17, 15) is 4.79 Å². The van der Waals surface area contributed by atoms with Crippen LogP contribution in [0.25, 0.3) is 0 Å². The van der Waals surface area contributed by atoms with E-state index < -0.39 is 0 Å². The molecule has 118 valence electrons. The van der Waals surface area contributed by atoms with Gasteiger partial charge in [0.25, 0.3) is 0 Å². The topological polar surface area (TPSA) is 52.9 Å². The van der Waals surface area contributed by atoms with Gasteiger partial charge in [0.05, 0.1) is 11.6 Å². The molecule has 0 atom stereocenters. The minimum atomic E-state index is 0.0924. The van der Waals surface area contributed by atoms with Gasteiger partial charge in [-0.2, -0.15) is 0 Å². The van der Waals surface area contributed by atoms with Gasteiger partial charge in [-0.15, -0.1) is 0 Å². The molecule has 1 rings (SSSR count). The van der Waals surface area contributed by atoms with Crippen LogP contribution in [0, 0.1) is 0 Å². The van der Waals surface area contributed by atoms with Crippen molar-refractivity contribution in [3.8, 4) is 0 Å². The predicted molar refractivity (Wildman–Crippen MR) is 86.6 cm³/mol. The van der Waals surface area contributed by atoms with Gasteiger partial charge in [-0.1, -0.05) is 11.6 Å². The molecule has 7 heteroatoms. The van der Waals surface area contributed by atoms with E-state index in [0.717, 1.165) is 16.7 Å². The van der Waals surface area contributed by atoms with Gasteiger partial charge in [0.1, 0.15) is 0 Å². The number of hydrogen-bond acceptors (Lipinski definition) is 2. The summed E-state index contributed by atoms with van der Waals surface area (Å²) in [6, 6.07) is 1.93. The zero-order valence-electron chi connectivity index (χ0n) is 13.4. The summed E-state index contributed by atoms with van der Waals surface area (Å²) in [6.45, 7) is 1.24. The Morgan fingerprint density at radius 2 is 2.10 bits per heavy atom. The predicted octanol–water partition coefficient (Wildman–Crippen LogP) is 1.16. The number of nitrogens with zero attached hydrogens (tertiary/aromatic N) is 4. The maximum atomic E-state index is 11.5. The number of amides is 1. The molecule has 1 amide bonds. The lowest BCUT2D eigenvalue weighted by Gasteiger charge is -2.22. The fraction of sp³-hybridized carbons (Fsp3) is 0.571. The van der Waals surface area contributed by atoms with Gasteiger partial charge in [0.15, 0.2) is 5.96 Å². The molecule has 0 saturated carbocycles. The van der Waals surface area contributed by atoms with Crippen LogP contribution in [0.1, 0.15) is 12.1 Å². The summed E-state index contributed by atoms with van der Waals surface area (Å²) >= 11 is 5.98. The Balaban J connectivity index is 2.52. The molecule has 21 heavy (non-hydrogen) atoms. The van der Waals surface area contributed by atoms with Crippen molar-refractivity contribution in [2.75, 3.05) is 34.7 Å². The summed E-state index contributed by atoms with van der Waals surface area (Å²) < 4.78 is 1.99. The number of hydrogen-bond donors (Lipinski definition) is 1. The Morgan fingerprint density at radius 3 is 2.57 bits per heavy atom. The highest BCUT2D eigenvalue weighted by Gasteiger charge is 2.10. The number of guanidine groups is 1. The second-order valence-corrected chi connectivity index (χ2v) is 5.57. The molecule has 0 unspecified atom stereocenters. The van der Waals surface area contributed by atoms with Crippen molar-refractivity contribution in [2.45, 2.75) is 13.0 Å². The maximum Gasteiger partial charge on any atom is 0.223 e. The first-order valence-corrected chi connectivity index (χ1v) is 7.15. The van der Waals surface area contributed by atoms with Crippen molar-refractivity contribution < 1.29 is 4.79 Å². The highest BCUT2D eigenvalue weighted by atomic mass is 35.5. The normalized spacial score (nSPS) is 11.4. The van der Waals surface area contributed by atoms with E-state index in [1.54, 1.807) is 26.0 Å². The lowest BCUT2D eigenvalue weighted by atomic mass is 10.3. The Morgan fingerprint density at radius 1 is 1.43 bits per heavy atom. The van der Waals surface area contributed by atoms with Crippen LogP contribution in [0.5, 0.6) is 0 Å². The van der Waals surface area contributed by atoms with E-state index >= 15 is 0 Å². The van der Waals surface area contributed by atoms with Crippen LogP contribution < -0.4 is 5.32 Å². The zero-order chi connectivity index (χ0) is 16.0. The summed E-state index contributed by atoms with van der Waals surface area (Å²) in [5.74, 6) is 0.841. The van der Waals surface area contributed by atoms with Crippen LogP contribution in [0.2, 0.25) is 5.02 Å². The largest absolute Gasteiger partial charge is 0.356 e. The first-order valence-electron chi connectivity index (χ1n) is 6.77. The van der Waals surface area contributed by atoms with E-state index in [2.05, 4.69) is 10.3 Å². The summed E-state index contributed by atoms with van der Waals surface area (Å²) in [7, 11) is 9.14. The zero-order valence-corrected chi connectivity index (χ0v) is 14.1. The number of nitrogens with one attached hydrogen (secondary N) is 1. The number of aryl methyl sites for hydroxylation is 1. The molecule has 0 fully saturated rings. The van der Waals surface area contributed by atoms with Crippen molar-refractivity contribution >= 4 is 23.5 Å². The van der Waals surface area contributed by atoms with Gasteiger partial charge in [-0.25, -0.2) is 0 Å². The number of aromatic nitrogens is 1. The number of carbonyl (C=O) groups excluding carboxylic acids is 1. The van der Waals surface area contributed by atoms with Crippen LogP contribution in [0.4, 0.5) is 0 Å². The summed E-state index contributed by atoms with van der Waals surface area (Å²) in [5.41, 5.74) is 1.09. The minimum absolute atomic E-state index is 0.0924. The third-order valence-electron chi connectivity index (χ3n) is 3.17. The van der Waals surface area contributed by atoms with Crippen molar-refractivity contribution in [3.63, 3.8) is 0 Å². The Hall–Kier alpha value is -1.69. The van der Waals surface area contributed by atoms with E-state index in [4.69, 9.17) is 11.6 Å². The summed E-state index contributed by atoms with van der Waals surface area (Å²) in [5, 5.41) is 3.91. The Kier molecular flexibility index (Phi) is 6.55. The third-order valence-corrected chi connectivity index (χ3v) is 3.37. The molecule has 0 radical (unpaired) electrons. The average molecular weight is 314 g/mol. The van der Waals surface area contributed by atoms with Crippen molar-refractivity contribution in [3.05, 3.63) is 23.0 Å². The maximum absolute atomic E-state index is 11.5. The van der Waals surface area contributed by atoms with Crippen LogP contribution in [0.3, 0.4) is 0 Å². The summed E-state index contributed by atoms with van der Waals surface area (Å²) in [6.07, 6.45) is 2.31. The molecule has 0 aliphatic heterocycles. The van der Waals surface area contributed by atoms with Crippen LogP contribution >= 0.6 is 11.6 Å². The second kappa shape index (κ2) is 7.93. The summed E-state index contributed by atoms with van der Waals surface area (Å²) in [4.78, 5) is 19.3. The van der Waals surface area contributed by atoms with Gasteiger partial charge in [-0.05, 0) is 6.07 Å². The first-order chi connectivity index (χ1) is 9.85. The lowest BCUT2D eigenvalue weighted by Crippen LogP contribution is -2.40. The van der Waals surface area contributed by atoms with Crippen LogP contribution in [-0.2, 0) is 18.4 Å². The molecular weight excluding hydrogens is 290 g/mol. The van der Waals surface area contributed by atoms with Gasteiger partial charge in [0, 0.05) is 60.1 Å². The van der Waals surface area contributed by atoms with Crippen molar-refractivity contribution in [2.24, 2.45) is 12.0 Å².